The van der Waals surface area contributed by atoms with Crippen LogP contribution in [0.2, 0.25) is 0 Å². The van der Waals surface area contributed by atoms with Crippen LogP contribution >= 0.6 is 0 Å². The fraction of sp³-hybridized carbons (Fsp3) is 0.700. The number of furan rings is 1. The first-order valence-electron chi connectivity index (χ1n) is 9.65. The molecule has 136 valence electrons. The molecule has 3 fully saturated rings. The zero-order valence-corrected chi connectivity index (χ0v) is 14.8. The zero-order chi connectivity index (χ0) is 17.6. The van der Waals surface area contributed by atoms with Crippen molar-refractivity contribution in [2.45, 2.75) is 70.4 Å². The van der Waals surface area contributed by atoms with Gasteiger partial charge in [0.2, 0.25) is 5.91 Å². The highest BCUT2D eigenvalue weighted by atomic mass is 16.4. The largest absolute Gasteiger partial charge is 0.481 e. The second-order valence-corrected chi connectivity index (χ2v) is 8.21. The first-order chi connectivity index (χ1) is 12.0. The van der Waals surface area contributed by atoms with Gasteiger partial charge >= 0.3 is 5.97 Å². The van der Waals surface area contributed by atoms with Crippen molar-refractivity contribution in [1.82, 2.24) is 4.90 Å². The van der Waals surface area contributed by atoms with Gasteiger partial charge in [-0.05, 0) is 63.0 Å². The maximum absolute atomic E-state index is 13.0. The number of hydrogen-bond donors (Lipinski definition) is 1. The quantitative estimate of drug-likeness (QED) is 0.851. The molecule has 0 aliphatic heterocycles. The lowest BCUT2D eigenvalue weighted by atomic mass is 9.81. The van der Waals surface area contributed by atoms with Crippen molar-refractivity contribution in [1.29, 1.82) is 0 Å². The second-order valence-electron chi connectivity index (χ2n) is 8.21. The Morgan fingerprint density at radius 1 is 1.12 bits per heavy atom. The number of rotatable bonds is 6. The lowest BCUT2D eigenvalue weighted by Gasteiger charge is -2.30. The van der Waals surface area contributed by atoms with Crippen molar-refractivity contribution in [3.63, 3.8) is 0 Å². The van der Waals surface area contributed by atoms with Crippen LogP contribution in [0.15, 0.2) is 16.5 Å². The van der Waals surface area contributed by atoms with Gasteiger partial charge in [0.25, 0.3) is 0 Å². The van der Waals surface area contributed by atoms with E-state index in [1.54, 1.807) is 0 Å². The summed E-state index contributed by atoms with van der Waals surface area (Å²) in [6.45, 7) is 2.80. The Hall–Kier alpha value is -1.78. The van der Waals surface area contributed by atoms with Crippen LogP contribution < -0.4 is 0 Å². The normalized spacial score (nSPS) is 31.6. The molecule has 1 aromatic heterocycles. The third-order valence-electron chi connectivity index (χ3n) is 6.18. The van der Waals surface area contributed by atoms with E-state index in [-0.39, 0.29) is 17.7 Å². The zero-order valence-electron chi connectivity index (χ0n) is 14.8. The van der Waals surface area contributed by atoms with Crippen LogP contribution in [-0.4, -0.2) is 27.9 Å². The number of aliphatic carboxylic acids is 1. The standard InChI is InChI=1S/C20H27NO4/c1-12-10-17(12)18-9-8-16(25-18)11-21(15-6-7-15)19(22)13-2-4-14(5-3-13)20(23)24/h8-9,12-15,17H,2-7,10-11H2,1H3,(H,23,24)/t12-,13?,14?,17+/m1/s1. The van der Waals surface area contributed by atoms with Crippen LogP contribution in [0.1, 0.15) is 69.3 Å². The van der Waals surface area contributed by atoms with Crippen LogP contribution in [-0.2, 0) is 16.1 Å². The van der Waals surface area contributed by atoms with Gasteiger partial charge in [-0.3, -0.25) is 9.59 Å². The molecule has 1 aromatic rings. The Kier molecular flexibility index (Phi) is 4.34. The molecule has 5 nitrogen and oxygen atoms in total. The lowest BCUT2D eigenvalue weighted by molar-refractivity contribution is -0.146. The Morgan fingerprint density at radius 3 is 2.32 bits per heavy atom. The summed E-state index contributed by atoms with van der Waals surface area (Å²) in [6, 6.07) is 4.43. The summed E-state index contributed by atoms with van der Waals surface area (Å²) in [6.07, 6.45) is 5.98. The van der Waals surface area contributed by atoms with E-state index < -0.39 is 5.97 Å². The molecule has 3 aliphatic carbocycles. The molecule has 0 aromatic carbocycles. The topological polar surface area (TPSA) is 70.8 Å². The van der Waals surface area contributed by atoms with Gasteiger partial charge in [0.05, 0.1) is 12.5 Å². The Bertz CT molecular complexity index is 654. The van der Waals surface area contributed by atoms with Crippen LogP contribution in [0, 0.1) is 17.8 Å². The molecule has 1 N–H and O–H groups in total. The first-order valence-corrected chi connectivity index (χ1v) is 9.65. The second kappa shape index (κ2) is 6.50. The van der Waals surface area contributed by atoms with Gasteiger partial charge in [0.1, 0.15) is 11.5 Å². The van der Waals surface area contributed by atoms with Gasteiger partial charge in [-0.1, -0.05) is 6.92 Å². The molecule has 0 spiro atoms. The molecule has 0 saturated heterocycles. The van der Waals surface area contributed by atoms with Gasteiger partial charge in [0, 0.05) is 17.9 Å². The molecule has 2 atom stereocenters. The fourth-order valence-corrected chi connectivity index (χ4v) is 4.16. The van der Waals surface area contributed by atoms with Crippen LogP contribution in [0.4, 0.5) is 0 Å². The maximum atomic E-state index is 13.0. The third kappa shape index (κ3) is 3.60. The third-order valence-corrected chi connectivity index (χ3v) is 6.18. The van der Waals surface area contributed by atoms with Crippen molar-refractivity contribution in [2.24, 2.45) is 17.8 Å². The molecule has 4 rings (SSSR count). The number of nitrogens with zero attached hydrogens (tertiary/aromatic N) is 1. The number of carbonyl (C=O) groups excluding carboxylic acids is 1. The average molecular weight is 345 g/mol. The number of carbonyl (C=O) groups is 2. The summed E-state index contributed by atoms with van der Waals surface area (Å²) in [5, 5.41) is 9.13. The van der Waals surface area contributed by atoms with Gasteiger partial charge in [0.15, 0.2) is 0 Å². The minimum absolute atomic E-state index is 0.0194. The summed E-state index contributed by atoms with van der Waals surface area (Å²) in [5.41, 5.74) is 0. The highest BCUT2D eigenvalue weighted by Crippen LogP contribution is 2.47. The molecule has 0 unspecified atom stereocenters. The minimum atomic E-state index is -0.720. The number of carboxylic acids is 1. The van der Waals surface area contributed by atoms with Gasteiger partial charge < -0.3 is 14.4 Å². The van der Waals surface area contributed by atoms with Crippen molar-refractivity contribution in [2.75, 3.05) is 0 Å². The SMILES string of the molecule is C[C@@H]1C[C@@H]1c1ccc(CN(C(=O)C2CCC(C(=O)O)CC2)C2CC2)o1. The molecule has 0 radical (unpaired) electrons. The molecule has 0 bridgehead atoms. The van der Waals surface area contributed by atoms with E-state index >= 15 is 0 Å². The monoisotopic (exact) mass is 345 g/mol. The van der Waals surface area contributed by atoms with Crippen LogP contribution in [0.25, 0.3) is 0 Å². The van der Waals surface area contributed by atoms with Gasteiger partial charge in [-0.2, -0.15) is 0 Å². The molecule has 5 heteroatoms. The molecular weight excluding hydrogens is 318 g/mol. The minimum Gasteiger partial charge on any atom is -0.481 e. The number of hydrogen-bond acceptors (Lipinski definition) is 3. The average Bonchev–Trinajstić information content (AvgIpc) is 3.53. The summed E-state index contributed by atoms with van der Waals surface area (Å²) in [5.74, 6) is 2.41. The summed E-state index contributed by atoms with van der Waals surface area (Å²) < 4.78 is 6.00. The Morgan fingerprint density at radius 2 is 1.76 bits per heavy atom. The van der Waals surface area contributed by atoms with E-state index in [0.717, 1.165) is 24.4 Å². The van der Waals surface area contributed by atoms with Crippen LogP contribution in [0.3, 0.4) is 0 Å². The highest BCUT2D eigenvalue weighted by Gasteiger charge is 2.39. The van der Waals surface area contributed by atoms with E-state index in [0.29, 0.717) is 50.1 Å². The Labute approximate surface area is 148 Å². The lowest BCUT2D eigenvalue weighted by Crippen LogP contribution is -2.39. The summed E-state index contributed by atoms with van der Waals surface area (Å²) >= 11 is 0. The molecule has 1 amide bonds. The van der Waals surface area contributed by atoms with Crippen molar-refractivity contribution >= 4 is 11.9 Å². The van der Waals surface area contributed by atoms with E-state index in [1.807, 2.05) is 11.0 Å². The summed E-state index contributed by atoms with van der Waals surface area (Å²) in [4.78, 5) is 26.1. The van der Waals surface area contributed by atoms with Crippen LogP contribution in [0.5, 0.6) is 0 Å². The molecule has 25 heavy (non-hydrogen) atoms. The summed E-state index contributed by atoms with van der Waals surface area (Å²) in [7, 11) is 0. The fourth-order valence-electron chi connectivity index (χ4n) is 4.16. The number of amides is 1. The first kappa shape index (κ1) is 16.7. The molecule has 1 heterocycles. The smallest absolute Gasteiger partial charge is 0.306 e. The molecule has 3 aliphatic rings. The highest BCUT2D eigenvalue weighted by molar-refractivity contribution is 5.80. The Balaban J connectivity index is 1.38. The molecular formula is C20H27NO4. The van der Waals surface area contributed by atoms with E-state index in [9.17, 15) is 9.59 Å². The van der Waals surface area contributed by atoms with Crippen molar-refractivity contribution < 1.29 is 19.1 Å². The van der Waals surface area contributed by atoms with E-state index in [4.69, 9.17) is 9.52 Å². The van der Waals surface area contributed by atoms with Crippen molar-refractivity contribution in [3.8, 4) is 0 Å². The maximum Gasteiger partial charge on any atom is 0.306 e. The van der Waals surface area contributed by atoms with Gasteiger partial charge in [-0.25, -0.2) is 0 Å². The van der Waals surface area contributed by atoms with E-state index in [1.165, 1.54) is 6.42 Å². The predicted octanol–water partition coefficient (Wildman–Crippen LogP) is 3.79. The van der Waals surface area contributed by atoms with Crippen molar-refractivity contribution in [3.05, 3.63) is 23.7 Å². The number of carboxylic acid groups (broad SMARTS) is 1. The van der Waals surface area contributed by atoms with Gasteiger partial charge in [-0.15, -0.1) is 0 Å². The predicted molar refractivity (Wildman–Crippen MR) is 91.9 cm³/mol. The van der Waals surface area contributed by atoms with E-state index in [2.05, 4.69) is 13.0 Å². The molecule has 3 saturated carbocycles.